The Morgan fingerprint density at radius 1 is 0.958 bits per heavy atom. The van der Waals surface area contributed by atoms with E-state index in [0.717, 1.165) is 22.5 Å². The molecule has 0 aliphatic carbocycles. The predicted molar refractivity (Wildman–Crippen MR) is 92.2 cm³/mol. The Labute approximate surface area is 138 Å². The Balaban J connectivity index is 1.57. The van der Waals surface area contributed by atoms with Crippen molar-refractivity contribution in [3.8, 4) is 11.3 Å². The average Bonchev–Trinajstić information content (AvgIpc) is 3.01. The first-order valence-corrected chi connectivity index (χ1v) is 7.51. The van der Waals surface area contributed by atoms with Crippen LogP contribution < -0.4 is 11.1 Å². The number of hydrogen-bond acceptors (Lipinski definition) is 6. The molecule has 0 fully saturated rings. The van der Waals surface area contributed by atoms with Crippen molar-refractivity contribution in [2.24, 2.45) is 0 Å². The number of pyridine rings is 1. The van der Waals surface area contributed by atoms with E-state index >= 15 is 0 Å². The molecular formula is C17H15N7. The Morgan fingerprint density at radius 3 is 2.54 bits per heavy atom. The molecule has 0 aliphatic rings. The van der Waals surface area contributed by atoms with Gasteiger partial charge in [-0.05, 0) is 23.8 Å². The molecule has 118 valence electrons. The molecule has 4 aromatic rings. The van der Waals surface area contributed by atoms with Gasteiger partial charge in [-0.25, -0.2) is 14.5 Å². The molecule has 3 aromatic heterocycles. The number of rotatable bonds is 4. The molecule has 0 spiro atoms. The third kappa shape index (κ3) is 2.74. The lowest BCUT2D eigenvalue weighted by molar-refractivity contribution is 0.976. The first kappa shape index (κ1) is 14.1. The number of hydrogen-bond donors (Lipinski definition) is 2. The van der Waals surface area contributed by atoms with Crippen molar-refractivity contribution in [1.29, 1.82) is 0 Å². The summed E-state index contributed by atoms with van der Waals surface area (Å²) < 4.78 is 1.75. The van der Waals surface area contributed by atoms with Gasteiger partial charge in [-0.1, -0.05) is 30.3 Å². The first-order valence-electron chi connectivity index (χ1n) is 7.51. The van der Waals surface area contributed by atoms with E-state index in [9.17, 15) is 0 Å². The summed E-state index contributed by atoms with van der Waals surface area (Å²) in [6.07, 6.45) is 3.42. The second-order valence-electron chi connectivity index (χ2n) is 5.27. The zero-order valence-electron chi connectivity index (χ0n) is 12.8. The Bertz CT molecular complexity index is 961. The lowest BCUT2D eigenvalue weighted by Gasteiger charge is -2.07. The van der Waals surface area contributed by atoms with Gasteiger partial charge in [-0.15, -0.1) is 5.10 Å². The van der Waals surface area contributed by atoms with E-state index in [4.69, 9.17) is 5.73 Å². The van der Waals surface area contributed by atoms with Crippen LogP contribution in [0.4, 0.5) is 11.9 Å². The van der Waals surface area contributed by atoms with Crippen LogP contribution in [0.3, 0.4) is 0 Å². The number of aromatic nitrogens is 5. The summed E-state index contributed by atoms with van der Waals surface area (Å²) in [5.41, 5.74) is 9.56. The highest BCUT2D eigenvalue weighted by atomic mass is 15.3. The van der Waals surface area contributed by atoms with E-state index in [-0.39, 0.29) is 5.95 Å². The van der Waals surface area contributed by atoms with Gasteiger partial charge in [0.15, 0.2) is 5.65 Å². The molecular weight excluding hydrogens is 302 g/mol. The van der Waals surface area contributed by atoms with E-state index in [1.807, 2.05) is 18.2 Å². The fourth-order valence-electron chi connectivity index (χ4n) is 2.51. The summed E-state index contributed by atoms with van der Waals surface area (Å²) in [6.45, 7) is 0.658. The van der Waals surface area contributed by atoms with Crippen molar-refractivity contribution in [3.05, 3.63) is 66.5 Å². The highest BCUT2D eigenvalue weighted by Gasteiger charge is 2.07. The third-order valence-electron chi connectivity index (χ3n) is 3.64. The van der Waals surface area contributed by atoms with E-state index in [0.29, 0.717) is 12.5 Å². The van der Waals surface area contributed by atoms with E-state index in [1.165, 1.54) is 0 Å². The average molecular weight is 317 g/mol. The van der Waals surface area contributed by atoms with Crippen LogP contribution in [0.15, 0.2) is 60.9 Å². The van der Waals surface area contributed by atoms with Gasteiger partial charge in [0, 0.05) is 24.5 Å². The number of nitrogen functional groups attached to an aromatic ring is 1. The van der Waals surface area contributed by atoms with Gasteiger partial charge in [-0.2, -0.15) is 4.98 Å². The van der Waals surface area contributed by atoms with Crippen molar-refractivity contribution in [2.45, 2.75) is 6.54 Å². The third-order valence-corrected chi connectivity index (χ3v) is 3.64. The maximum absolute atomic E-state index is 5.69. The van der Waals surface area contributed by atoms with E-state index < -0.39 is 0 Å². The molecule has 7 heteroatoms. The molecule has 0 saturated heterocycles. The second-order valence-corrected chi connectivity index (χ2v) is 5.27. The number of nitrogens with two attached hydrogens (primary N) is 1. The molecule has 0 amide bonds. The molecule has 0 radical (unpaired) electrons. The predicted octanol–water partition coefficient (Wildman–Crippen LogP) is 2.38. The molecule has 7 nitrogen and oxygen atoms in total. The summed E-state index contributed by atoms with van der Waals surface area (Å²) in [5.74, 6) is 0.885. The molecule has 24 heavy (non-hydrogen) atoms. The van der Waals surface area contributed by atoms with Crippen LogP contribution in [0.2, 0.25) is 0 Å². The smallest absolute Gasteiger partial charge is 0.240 e. The Morgan fingerprint density at radius 2 is 1.75 bits per heavy atom. The second kappa shape index (κ2) is 5.96. The van der Waals surface area contributed by atoms with Crippen molar-refractivity contribution in [2.75, 3.05) is 11.1 Å². The van der Waals surface area contributed by atoms with Crippen LogP contribution in [0.5, 0.6) is 0 Å². The molecule has 1 aromatic carbocycles. The molecule has 0 saturated carbocycles. The number of nitrogens with zero attached hydrogens (tertiary/aromatic N) is 5. The van der Waals surface area contributed by atoms with Crippen LogP contribution in [0.1, 0.15) is 5.56 Å². The van der Waals surface area contributed by atoms with Crippen molar-refractivity contribution in [1.82, 2.24) is 24.6 Å². The molecule has 3 heterocycles. The SMILES string of the molecule is Nc1nc2cccc(-c3ccc(CNc4ncccn4)cc3)n2n1. The summed E-state index contributed by atoms with van der Waals surface area (Å²) in [5, 5.41) is 7.43. The normalized spacial score (nSPS) is 10.8. The van der Waals surface area contributed by atoms with Gasteiger partial charge >= 0.3 is 0 Å². The van der Waals surface area contributed by atoms with Crippen molar-refractivity contribution in [3.63, 3.8) is 0 Å². The highest BCUT2D eigenvalue weighted by Crippen LogP contribution is 2.21. The van der Waals surface area contributed by atoms with Crippen LogP contribution in [-0.2, 0) is 6.54 Å². The van der Waals surface area contributed by atoms with Gasteiger partial charge in [0.05, 0.1) is 5.69 Å². The minimum absolute atomic E-state index is 0.270. The largest absolute Gasteiger partial charge is 0.366 e. The number of nitrogens with one attached hydrogen (secondary N) is 1. The van der Waals surface area contributed by atoms with Gasteiger partial charge in [-0.3, -0.25) is 0 Å². The molecule has 0 unspecified atom stereocenters. The van der Waals surface area contributed by atoms with Crippen molar-refractivity contribution >= 4 is 17.5 Å². The Kier molecular flexibility index (Phi) is 3.51. The maximum Gasteiger partial charge on any atom is 0.240 e. The monoisotopic (exact) mass is 317 g/mol. The fraction of sp³-hybridized carbons (Fsp3) is 0.0588. The standard InChI is InChI=1S/C17H15N7/c18-16-22-15-4-1-3-14(24(15)23-16)13-7-5-12(6-8-13)11-21-17-19-9-2-10-20-17/h1-10H,11H2,(H2,18,23)(H,19,20,21). The van der Waals surface area contributed by atoms with Crippen LogP contribution >= 0.6 is 0 Å². The summed E-state index contributed by atoms with van der Waals surface area (Å²) in [6, 6.07) is 15.8. The van der Waals surface area contributed by atoms with Crippen LogP contribution in [0.25, 0.3) is 16.9 Å². The first-order chi connectivity index (χ1) is 11.8. The van der Waals surface area contributed by atoms with Gasteiger partial charge in [0.1, 0.15) is 0 Å². The fourth-order valence-corrected chi connectivity index (χ4v) is 2.51. The van der Waals surface area contributed by atoms with E-state index in [1.54, 1.807) is 23.0 Å². The molecule has 4 rings (SSSR count). The number of anilines is 2. The minimum Gasteiger partial charge on any atom is -0.366 e. The highest BCUT2D eigenvalue weighted by molar-refractivity contribution is 5.63. The number of benzene rings is 1. The van der Waals surface area contributed by atoms with Crippen LogP contribution in [-0.4, -0.2) is 24.6 Å². The maximum atomic E-state index is 5.69. The number of fused-ring (bicyclic) bond motifs is 1. The molecule has 0 bridgehead atoms. The Hall–Kier alpha value is -3.48. The quantitative estimate of drug-likeness (QED) is 0.600. The van der Waals surface area contributed by atoms with Crippen molar-refractivity contribution < 1.29 is 0 Å². The zero-order valence-corrected chi connectivity index (χ0v) is 12.8. The molecule has 0 atom stereocenters. The lowest BCUT2D eigenvalue weighted by atomic mass is 10.1. The van der Waals surface area contributed by atoms with Gasteiger partial charge in [0.2, 0.25) is 11.9 Å². The van der Waals surface area contributed by atoms with Gasteiger partial charge in [0.25, 0.3) is 0 Å². The zero-order chi connectivity index (χ0) is 16.4. The molecule has 0 aliphatic heterocycles. The van der Waals surface area contributed by atoms with E-state index in [2.05, 4.69) is 49.6 Å². The minimum atomic E-state index is 0.270. The summed E-state index contributed by atoms with van der Waals surface area (Å²) in [4.78, 5) is 12.5. The van der Waals surface area contributed by atoms with Gasteiger partial charge < -0.3 is 11.1 Å². The summed E-state index contributed by atoms with van der Waals surface area (Å²) in [7, 11) is 0. The topological polar surface area (TPSA) is 94.0 Å². The van der Waals surface area contributed by atoms with Crippen LogP contribution in [0, 0.1) is 0 Å². The molecule has 3 N–H and O–H groups in total. The lowest BCUT2D eigenvalue weighted by Crippen LogP contribution is -2.02. The summed E-state index contributed by atoms with van der Waals surface area (Å²) >= 11 is 0.